The molecule has 0 atom stereocenters. The first-order valence-corrected chi connectivity index (χ1v) is 10.9. The average Bonchev–Trinajstić information content (AvgIpc) is 2.78. The fourth-order valence-corrected chi connectivity index (χ4v) is 4.26. The van der Waals surface area contributed by atoms with Gasteiger partial charge in [0, 0.05) is 9.79 Å². The number of nitrogens with zero attached hydrogens (tertiary/aromatic N) is 1. The van der Waals surface area contributed by atoms with Gasteiger partial charge in [-0.05, 0) is 66.3 Å². The SMILES string of the molecule is O=C1NC(=S)N(c2cccc(C(F)(F)F)c2)C(=O)/C1=C/c1ccc(Sc2ccccc2)cc1. The normalized spacial score (nSPS) is 15.7. The Kier molecular flexibility index (Phi) is 6.35. The molecule has 166 valence electrons. The highest BCUT2D eigenvalue weighted by atomic mass is 32.2. The third-order valence-electron chi connectivity index (χ3n) is 4.70. The van der Waals surface area contributed by atoms with Crippen molar-refractivity contribution in [2.75, 3.05) is 4.90 Å². The second kappa shape index (κ2) is 9.21. The first-order valence-electron chi connectivity index (χ1n) is 9.64. The third-order valence-corrected chi connectivity index (χ3v) is 6.00. The van der Waals surface area contributed by atoms with Crippen LogP contribution in [0.15, 0.2) is 94.2 Å². The van der Waals surface area contributed by atoms with Crippen molar-refractivity contribution in [3.63, 3.8) is 0 Å². The van der Waals surface area contributed by atoms with Gasteiger partial charge >= 0.3 is 6.18 Å². The number of carbonyl (C=O) groups is 2. The van der Waals surface area contributed by atoms with Gasteiger partial charge in [-0.1, -0.05) is 48.2 Å². The Morgan fingerprint density at radius 1 is 0.879 bits per heavy atom. The molecule has 1 aliphatic heterocycles. The van der Waals surface area contributed by atoms with Gasteiger partial charge in [0.05, 0.1) is 11.3 Å². The summed E-state index contributed by atoms with van der Waals surface area (Å²) in [5, 5.41) is 2.09. The van der Waals surface area contributed by atoms with Gasteiger partial charge in [-0.3, -0.25) is 19.8 Å². The van der Waals surface area contributed by atoms with Crippen LogP contribution in [0.3, 0.4) is 0 Å². The van der Waals surface area contributed by atoms with Gasteiger partial charge in [0.15, 0.2) is 5.11 Å². The largest absolute Gasteiger partial charge is 0.416 e. The topological polar surface area (TPSA) is 49.4 Å². The Bertz CT molecular complexity index is 1260. The lowest BCUT2D eigenvalue weighted by Gasteiger charge is -2.29. The molecule has 4 nitrogen and oxygen atoms in total. The van der Waals surface area contributed by atoms with Crippen LogP contribution in [0.5, 0.6) is 0 Å². The number of thiocarbonyl (C=S) groups is 1. The molecule has 1 fully saturated rings. The van der Waals surface area contributed by atoms with Crippen LogP contribution in [-0.2, 0) is 15.8 Å². The Morgan fingerprint density at radius 2 is 1.55 bits per heavy atom. The van der Waals surface area contributed by atoms with E-state index in [1.807, 2.05) is 42.5 Å². The number of nitrogens with one attached hydrogen (secondary N) is 1. The van der Waals surface area contributed by atoms with Crippen molar-refractivity contribution >= 4 is 52.7 Å². The number of hydrogen-bond acceptors (Lipinski definition) is 4. The van der Waals surface area contributed by atoms with Gasteiger partial charge in [-0.25, -0.2) is 0 Å². The zero-order valence-electron chi connectivity index (χ0n) is 16.8. The van der Waals surface area contributed by atoms with Gasteiger partial charge in [0.25, 0.3) is 11.8 Å². The monoisotopic (exact) mass is 484 g/mol. The van der Waals surface area contributed by atoms with Crippen molar-refractivity contribution in [1.82, 2.24) is 5.32 Å². The molecule has 0 unspecified atom stereocenters. The van der Waals surface area contributed by atoms with Crippen LogP contribution >= 0.6 is 24.0 Å². The van der Waals surface area contributed by atoms with E-state index in [-0.39, 0.29) is 16.4 Å². The molecular weight excluding hydrogens is 469 g/mol. The van der Waals surface area contributed by atoms with Crippen molar-refractivity contribution in [2.45, 2.75) is 16.0 Å². The van der Waals surface area contributed by atoms with Crippen LogP contribution in [0.25, 0.3) is 6.08 Å². The predicted molar refractivity (Wildman–Crippen MR) is 125 cm³/mol. The number of amides is 2. The Hall–Kier alpha value is -3.43. The quantitative estimate of drug-likeness (QED) is 0.294. The van der Waals surface area contributed by atoms with Crippen LogP contribution in [0.2, 0.25) is 0 Å². The molecule has 3 aromatic carbocycles. The van der Waals surface area contributed by atoms with E-state index in [0.29, 0.717) is 5.56 Å². The summed E-state index contributed by atoms with van der Waals surface area (Å²) in [7, 11) is 0. The molecule has 0 aromatic heterocycles. The van der Waals surface area contributed by atoms with Gasteiger partial charge in [0.1, 0.15) is 5.57 Å². The molecule has 4 rings (SSSR count). The van der Waals surface area contributed by atoms with Crippen molar-refractivity contribution in [1.29, 1.82) is 0 Å². The summed E-state index contributed by atoms with van der Waals surface area (Å²) in [6, 6.07) is 21.2. The zero-order valence-corrected chi connectivity index (χ0v) is 18.4. The maximum Gasteiger partial charge on any atom is 0.416 e. The van der Waals surface area contributed by atoms with Gasteiger partial charge < -0.3 is 0 Å². The smallest absolute Gasteiger partial charge is 0.298 e. The van der Waals surface area contributed by atoms with E-state index in [1.165, 1.54) is 18.2 Å². The average molecular weight is 485 g/mol. The minimum Gasteiger partial charge on any atom is -0.298 e. The van der Waals surface area contributed by atoms with Crippen LogP contribution in [0.4, 0.5) is 18.9 Å². The van der Waals surface area contributed by atoms with Crippen molar-refractivity contribution in [3.8, 4) is 0 Å². The van der Waals surface area contributed by atoms with Gasteiger partial charge in [-0.15, -0.1) is 0 Å². The summed E-state index contributed by atoms with van der Waals surface area (Å²) in [5.41, 5.74) is -0.655. The Morgan fingerprint density at radius 3 is 2.21 bits per heavy atom. The maximum atomic E-state index is 13.1. The van der Waals surface area contributed by atoms with Crippen LogP contribution in [-0.4, -0.2) is 16.9 Å². The summed E-state index contributed by atoms with van der Waals surface area (Å²) < 4.78 is 39.3. The van der Waals surface area contributed by atoms with E-state index in [4.69, 9.17) is 12.2 Å². The highest BCUT2D eigenvalue weighted by molar-refractivity contribution is 7.99. The Labute approximate surface area is 197 Å². The van der Waals surface area contributed by atoms with E-state index in [2.05, 4.69) is 5.32 Å². The minimum atomic E-state index is -4.59. The van der Waals surface area contributed by atoms with E-state index in [9.17, 15) is 22.8 Å². The van der Waals surface area contributed by atoms with Crippen molar-refractivity contribution < 1.29 is 22.8 Å². The summed E-state index contributed by atoms with van der Waals surface area (Å²) in [6.07, 6.45) is -3.20. The molecule has 0 spiro atoms. The molecular formula is C24H15F3N2O2S2. The molecule has 33 heavy (non-hydrogen) atoms. The molecule has 9 heteroatoms. The highest BCUT2D eigenvalue weighted by Gasteiger charge is 2.36. The van der Waals surface area contributed by atoms with Crippen LogP contribution in [0.1, 0.15) is 11.1 Å². The number of anilines is 1. The van der Waals surface area contributed by atoms with E-state index < -0.39 is 23.6 Å². The number of alkyl halides is 3. The third kappa shape index (κ3) is 5.15. The predicted octanol–water partition coefficient (Wildman–Crippen LogP) is 5.69. The second-order valence-corrected chi connectivity index (χ2v) is 8.52. The van der Waals surface area contributed by atoms with E-state index in [1.54, 1.807) is 23.9 Å². The number of halogens is 3. The van der Waals surface area contributed by atoms with Crippen molar-refractivity contribution in [2.24, 2.45) is 0 Å². The first-order chi connectivity index (χ1) is 15.7. The van der Waals surface area contributed by atoms with Gasteiger partial charge in [-0.2, -0.15) is 13.2 Å². The van der Waals surface area contributed by atoms with E-state index >= 15 is 0 Å². The molecule has 1 saturated heterocycles. The van der Waals surface area contributed by atoms with Crippen LogP contribution in [0, 0.1) is 0 Å². The molecule has 1 aliphatic rings. The van der Waals surface area contributed by atoms with Gasteiger partial charge in [0.2, 0.25) is 0 Å². The Balaban J connectivity index is 1.60. The fourth-order valence-electron chi connectivity index (χ4n) is 3.14. The van der Waals surface area contributed by atoms with Crippen molar-refractivity contribution in [3.05, 3.63) is 95.6 Å². The van der Waals surface area contributed by atoms with E-state index in [0.717, 1.165) is 26.8 Å². The number of carbonyl (C=O) groups excluding carboxylic acids is 2. The summed E-state index contributed by atoms with van der Waals surface area (Å²) in [5.74, 6) is -1.51. The summed E-state index contributed by atoms with van der Waals surface area (Å²) in [6.45, 7) is 0. The molecule has 1 heterocycles. The lowest BCUT2D eigenvalue weighted by molar-refractivity contribution is -0.137. The second-order valence-electron chi connectivity index (χ2n) is 6.99. The zero-order chi connectivity index (χ0) is 23.6. The maximum absolute atomic E-state index is 13.1. The molecule has 0 radical (unpaired) electrons. The lowest BCUT2D eigenvalue weighted by Crippen LogP contribution is -2.54. The first kappa shape index (κ1) is 22.8. The molecule has 0 aliphatic carbocycles. The lowest BCUT2D eigenvalue weighted by atomic mass is 10.1. The summed E-state index contributed by atoms with van der Waals surface area (Å²) >= 11 is 6.62. The summed E-state index contributed by atoms with van der Waals surface area (Å²) in [4.78, 5) is 28.4. The number of rotatable bonds is 4. The van der Waals surface area contributed by atoms with Crippen LogP contribution < -0.4 is 10.2 Å². The minimum absolute atomic E-state index is 0.0830. The molecule has 1 N–H and O–H groups in total. The number of benzene rings is 3. The molecule has 0 saturated carbocycles. The highest BCUT2D eigenvalue weighted by Crippen LogP contribution is 2.33. The molecule has 2 amide bonds. The fraction of sp³-hybridized carbons (Fsp3) is 0.0417. The molecule has 0 bridgehead atoms. The standard InChI is InChI=1S/C24H15F3N2O2S2/c25-24(26,27)16-5-4-6-17(14-16)29-22(31)20(21(30)28-23(29)32)13-15-9-11-19(12-10-15)33-18-7-2-1-3-8-18/h1-14H,(H,28,30,32)/b20-13+. The molecule has 3 aromatic rings. The number of hydrogen-bond donors (Lipinski definition) is 1.